The number of carbonyl (C=O) groups excluding carboxylic acids is 1. The lowest BCUT2D eigenvalue weighted by Gasteiger charge is -2.19. The van der Waals surface area contributed by atoms with Gasteiger partial charge in [0.2, 0.25) is 0 Å². The Balaban J connectivity index is 1.74. The van der Waals surface area contributed by atoms with Crippen LogP contribution >= 0.6 is 35.1 Å². The molecule has 188 valence electrons. The van der Waals surface area contributed by atoms with Gasteiger partial charge in [-0.2, -0.15) is 8.78 Å². The van der Waals surface area contributed by atoms with E-state index in [1.54, 1.807) is 24.4 Å². The predicted octanol–water partition coefficient (Wildman–Crippen LogP) is 3.94. The van der Waals surface area contributed by atoms with Crippen molar-refractivity contribution in [2.75, 3.05) is 13.7 Å². The zero-order valence-electron chi connectivity index (χ0n) is 18.0. The van der Waals surface area contributed by atoms with E-state index in [0.717, 1.165) is 6.07 Å². The fraction of sp³-hybridized carbons (Fsp3) is 0.238. The van der Waals surface area contributed by atoms with Gasteiger partial charge in [0.1, 0.15) is 5.75 Å². The summed E-state index contributed by atoms with van der Waals surface area (Å²) in [4.78, 5) is 41.8. The molecule has 0 saturated heterocycles. The molecule has 3 rings (SSSR count). The SMILES string of the molecule is COC(=O)COc1ccc(Cn2ccn(Cc3ccc(C(F)(F)P(=O)(O)O)c(Br)c3)c2=O)cc1Cl. The number of carbonyl (C=O) groups is 1. The highest BCUT2D eigenvalue weighted by atomic mass is 79.9. The summed E-state index contributed by atoms with van der Waals surface area (Å²) in [6.45, 7) is -0.0842. The summed E-state index contributed by atoms with van der Waals surface area (Å²) in [5, 5.41) is 0.246. The van der Waals surface area contributed by atoms with Gasteiger partial charge in [-0.15, -0.1) is 0 Å². The molecule has 14 heteroatoms. The van der Waals surface area contributed by atoms with Crippen LogP contribution in [-0.4, -0.2) is 38.6 Å². The predicted molar refractivity (Wildman–Crippen MR) is 126 cm³/mol. The molecule has 0 amide bonds. The third-order valence-corrected chi connectivity index (χ3v) is 6.84. The van der Waals surface area contributed by atoms with Crippen molar-refractivity contribution < 1.29 is 37.4 Å². The summed E-state index contributed by atoms with van der Waals surface area (Å²) < 4.78 is 51.5. The zero-order valence-corrected chi connectivity index (χ0v) is 21.3. The first-order chi connectivity index (χ1) is 16.3. The van der Waals surface area contributed by atoms with Crippen molar-refractivity contribution in [1.82, 2.24) is 9.13 Å². The summed E-state index contributed by atoms with van der Waals surface area (Å²) in [6, 6.07) is 8.28. The van der Waals surface area contributed by atoms with E-state index in [9.17, 15) is 22.9 Å². The van der Waals surface area contributed by atoms with Crippen LogP contribution < -0.4 is 10.4 Å². The highest BCUT2D eigenvalue weighted by Crippen LogP contribution is 2.60. The van der Waals surface area contributed by atoms with Gasteiger partial charge in [-0.3, -0.25) is 13.7 Å². The lowest BCUT2D eigenvalue weighted by molar-refractivity contribution is -0.142. The normalized spacial score (nSPS) is 12.0. The van der Waals surface area contributed by atoms with Crippen LogP contribution in [0.2, 0.25) is 5.02 Å². The molecule has 0 aliphatic carbocycles. The van der Waals surface area contributed by atoms with Crippen LogP contribution in [0, 0.1) is 0 Å². The smallest absolute Gasteiger partial charge is 0.399 e. The Morgan fingerprint density at radius 1 is 1.11 bits per heavy atom. The molecule has 0 fully saturated rings. The van der Waals surface area contributed by atoms with Crippen molar-refractivity contribution in [2.24, 2.45) is 0 Å². The molecule has 2 aromatic carbocycles. The van der Waals surface area contributed by atoms with Crippen LogP contribution in [0.5, 0.6) is 5.75 Å². The van der Waals surface area contributed by atoms with Gasteiger partial charge >= 0.3 is 24.9 Å². The van der Waals surface area contributed by atoms with E-state index >= 15 is 0 Å². The molecule has 1 aromatic heterocycles. The van der Waals surface area contributed by atoms with Gasteiger partial charge in [0.15, 0.2) is 6.61 Å². The average molecular weight is 596 g/mol. The second-order valence-corrected chi connectivity index (χ2v) is 10.3. The molecular formula is C21H19BrClF2N2O7P. The molecule has 0 unspecified atom stereocenters. The molecule has 0 radical (unpaired) electrons. The van der Waals surface area contributed by atoms with E-state index < -0.39 is 24.8 Å². The molecule has 0 bridgehead atoms. The largest absolute Gasteiger partial charge is 0.480 e. The highest BCUT2D eigenvalue weighted by Gasteiger charge is 2.51. The zero-order chi connectivity index (χ0) is 26.0. The van der Waals surface area contributed by atoms with Gasteiger partial charge in [-0.1, -0.05) is 45.7 Å². The molecule has 0 atom stereocenters. The van der Waals surface area contributed by atoms with Crippen LogP contribution in [0.25, 0.3) is 0 Å². The van der Waals surface area contributed by atoms with Crippen LogP contribution in [0.15, 0.2) is 58.1 Å². The van der Waals surface area contributed by atoms with Crippen molar-refractivity contribution in [3.05, 3.63) is 85.5 Å². The Hall–Kier alpha value is -2.50. The number of rotatable bonds is 9. The lowest BCUT2D eigenvalue weighted by atomic mass is 10.1. The summed E-state index contributed by atoms with van der Waals surface area (Å²) >= 11 is 9.11. The van der Waals surface area contributed by atoms with E-state index in [-0.39, 0.29) is 40.6 Å². The minimum Gasteiger partial charge on any atom is -0.480 e. The fourth-order valence-electron chi connectivity index (χ4n) is 3.10. The van der Waals surface area contributed by atoms with Crippen LogP contribution in [0.4, 0.5) is 8.78 Å². The molecule has 0 aliphatic rings. The third-order valence-electron chi connectivity index (χ3n) is 4.92. The van der Waals surface area contributed by atoms with Crippen molar-refractivity contribution in [3.8, 4) is 5.75 Å². The Bertz CT molecular complexity index is 1360. The Morgan fingerprint density at radius 2 is 1.69 bits per heavy atom. The van der Waals surface area contributed by atoms with Gasteiger partial charge < -0.3 is 19.3 Å². The fourth-order valence-corrected chi connectivity index (χ4v) is 4.70. The number of methoxy groups -OCH3 is 1. The minimum atomic E-state index is -5.71. The quantitative estimate of drug-likeness (QED) is 0.284. The van der Waals surface area contributed by atoms with Crippen molar-refractivity contribution in [3.63, 3.8) is 0 Å². The van der Waals surface area contributed by atoms with Gasteiger partial charge in [-0.25, -0.2) is 9.59 Å². The molecule has 0 spiro atoms. The van der Waals surface area contributed by atoms with E-state index in [4.69, 9.17) is 26.1 Å². The van der Waals surface area contributed by atoms with Gasteiger partial charge in [-0.05, 0) is 29.3 Å². The number of alkyl halides is 2. The number of imidazole rings is 1. The standard InChI is InChI=1S/C21H19BrClF2N2O7P/c1-33-19(28)12-34-18-5-3-14(9-17(18)23)11-27-7-6-26(20(27)29)10-13-2-4-15(16(22)8-13)21(24,25)35(30,31)32/h2-9H,10-12H2,1H3,(H2,30,31,32). The Kier molecular flexibility index (Phi) is 8.23. The molecule has 3 aromatic rings. The number of halogens is 4. The van der Waals surface area contributed by atoms with Crippen LogP contribution in [-0.2, 0) is 32.8 Å². The summed E-state index contributed by atoms with van der Waals surface area (Å²) in [7, 11) is -4.48. The first-order valence-electron chi connectivity index (χ1n) is 9.79. The number of benzene rings is 2. The molecule has 2 N–H and O–H groups in total. The summed E-state index contributed by atoms with van der Waals surface area (Å²) in [5.74, 6) is -0.278. The van der Waals surface area contributed by atoms with Crippen molar-refractivity contribution in [1.29, 1.82) is 0 Å². The van der Waals surface area contributed by atoms with E-state index in [2.05, 4.69) is 20.7 Å². The molecular weight excluding hydrogens is 577 g/mol. The molecule has 9 nitrogen and oxygen atoms in total. The Labute approximate surface area is 211 Å². The maximum atomic E-state index is 14.0. The van der Waals surface area contributed by atoms with Crippen molar-refractivity contribution >= 4 is 41.1 Å². The maximum Gasteiger partial charge on any atom is 0.399 e. The second kappa shape index (κ2) is 10.6. The average Bonchev–Trinajstić information content (AvgIpc) is 3.11. The van der Waals surface area contributed by atoms with E-state index in [1.165, 1.54) is 34.6 Å². The topological polar surface area (TPSA) is 120 Å². The molecule has 0 saturated carbocycles. The number of aromatic nitrogens is 2. The molecule has 35 heavy (non-hydrogen) atoms. The molecule has 1 heterocycles. The summed E-state index contributed by atoms with van der Waals surface area (Å²) in [5.41, 5.74) is -4.45. The van der Waals surface area contributed by atoms with E-state index in [1.807, 2.05) is 0 Å². The first kappa shape index (κ1) is 27.1. The third kappa shape index (κ3) is 6.20. The van der Waals surface area contributed by atoms with Crippen LogP contribution in [0.1, 0.15) is 16.7 Å². The Morgan fingerprint density at radius 3 is 2.20 bits per heavy atom. The monoisotopic (exact) mass is 594 g/mol. The van der Waals surface area contributed by atoms with Gasteiger partial charge in [0, 0.05) is 22.4 Å². The summed E-state index contributed by atoms with van der Waals surface area (Å²) in [6.07, 6.45) is 3.06. The lowest BCUT2D eigenvalue weighted by Crippen LogP contribution is -2.25. The maximum absolute atomic E-state index is 14.0. The van der Waals surface area contributed by atoms with Gasteiger partial charge in [0.25, 0.3) is 0 Å². The van der Waals surface area contributed by atoms with Crippen molar-refractivity contribution in [2.45, 2.75) is 18.8 Å². The number of hydrogen-bond donors (Lipinski definition) is 2. The van der Waals surface area contributed by atoms with Crippen LogP contribution in [0.3, 0.4) is 0 Å². The number of nitrogens with zero attached hydrogens (tertiary/aromatic N) is 2. The van der Waals surface area contributed by atoms with E-state index in [0.29, 0.717) is 11.1 Å². The highest BCUT2D eigenvalue weighted by molar-refractivity contribution is 9.10. The molecule has 0 aliphatic heterocycles. The van der Waals surface area contributed by atoms with Gasteiger partial charge in [0.05, 0.1) is 25.2 Å². The number of ether oxygens (including phenoxy) is 2. The minimum absolute atomic E-state index is 0.0350. The number of hydrogen-bond acceptors (Lipinski definition) is 5. The second-order valence-electron chi connectivity index (χ2n) is 7.37. The first-order valence-corrected chi connectivity index (χ1v) is 12.6. The number of esters is 1.